The Kier molecular flexibility index (Phi) is 5.65. The maximum absolute atomic E-state index is 11.2. The highest BCUT2D eigenvalue weighted by Crippen LogP contribution is 2.06. The summed E-state index contributed by atoms with van der Waals surface area (Å²) in [5, 5.41) is 0. The van der Waals surface area contributed by atoms with Gasteiger partial charge in [-0.15, -0.1) is 0 Å². The second kappa shape index (κ2) is 7.01. The van der Waals surface area contributed by atoms with Crippen LogP contribution in [0.15, 0.2) is 30.3 Å². The van der Waals surface area contributed by atoms with Gasteiger partial charge in [0.25, 0.3) is 0 Å². The van der Waals surface area contributed by atoms with Crippen molar-refractivity contribution in [2.24, 2.45) is 0 Å². The van der Waals surface area contributed by atoms with Gasteiger partial charge in [-0.3, -0.25) is 4.84 Å². The van der Waals surface area contributed by atoms with Crippen LogP contribution in [0.3, 0.4) is 0 Å². The molecule has 1 N–H and O–H groups in total. The summed E-state index contributed by atoms with van der Waals surface area (Å²) in [6, 6.07) is 10.1. The number of hydrogen-bond donors (Lipinski definition) is 1. The lowest BCUT2D eigenvalue weighted by Gasteiger charge is -2.19. The van der Waals surface area contributed by atoms with Crippen LogP contribution in [-0.4, -0.2) is 18.3 Å². The zero-order valence-corrected chi connectivity index (χ0v) is 11.2. The molecule has 0 aliphatic heterocycles. The molecule has 0 atom stereocenters. The number of hydrogen-bond acceptors (Lipinski definition) is 3. The third kappa shape index (κ3) is 6.91. The minimum Gasteiger partial charge on any atom is -0.442 e. The molecule has 4 heteroatoms. The predicted molar refractivity (Wildman–Crippen MR) is 70.1 cm³/mol. The molecule has 0 saturated heterocycles. The van der Waals surface area contributed by atoms with E-state index in [1.165, 1.54) is 5.56 Å². The molecule has 1 rings (SSSR count). The maximum atomic E-state index is 11.2. The van der Waals surface area contributed by atoms with Gasteiger partial charge in [0.2, 0.25) is 0 Å². The Morgan fingerprint density at radius 2 is 1.89 bits per heavy atom. The summed E-state index contributed by atoms with van der Waals surface area (Å²) in [7, 11) is 0. The van der Waals surface area contributed by atoms with Gasteiger partial charge in [-0.1, -0.05) is 30.3 Å². The second-order valence-electron chi connectivity index (χ2n) is 5.04. The quantitative estimate of drug-likeness (QED) is 0.646. The van der Waals surface area contributed by atoms with Gasteiger partial charge in [-0.25, -0.2) is 4.79 Å². The Bertz CT molecular complexity index is 357. The fraction of sp³-hybridized carbons (Fsp3) is 0.500. The van der Waals surface area contributed by atoms with Gasteiger partial charge < -0.3 is 4.74 Å². The van der Waals surface area contributed by atoms with E-state index < -0.39 is 11.7 Å². The lowest BCUT2D eigenvalue weighted by atomic mass is 10.1. The summed E-state index contributed by atoms with van der Waals surface area (Å²) in [4.78, 5) is 16.3. The Hall–Kier alpha value is -1.55. The Morgan fingerprint density at radius 1 is 1.22 bits per heavy atom. The molecule has 0 saturated carbocycles. The van der Waals surface area contributed by atoms with Crippen molar-refractivity contribution in [3.63, 3.8) is 0 Å². The first kappa shape index (κ1) is 14.5. The fourth-order valence-corrected chi connectivity index (χ4v) is 1.40. The number of nitrogens with one attached hydrogen (secondary N) is 1. The molecule has 1 aromatic carbocycles. The average Bonchev–Trinajstić information content (AvgIpc) is 2.27. The van der Waals surface area contributed by atoms with E-state index in [9.17, 15) is 4.79 Å². The highest BCUT2D eigenvalue weighted by molar-refractivity contribution is 5.66. The van der Waals surface area contributed by atoms with E-state index >= 15 is 0 Å². The lowest BCUT2D eigenvalue weighted by molar-refractivity contribution is -0.00816. The van der Waals surface area contributed by atoms with Crippen LogP contribution in [0.25, 0.3) is 0 Å². The number of aryl methyl sites for hydroxylation is 1. The first-order chi connectivity index (χ1) is 8.47. The van der Waals surface area contributed by atoms with Crippen molar-refractivity contribution in [1.29, 1.82) is 0 Å². The Labute approximate surface area is 108 Å². The van der Waals surface area contributed by atoms with Crippen LogP contribution < -0.4 is 5.48 Å². The zero-order chi connectivity index (χ0) is 13.4. The Balaban J connectivity index is 2.07. The van der Waals surface area contributed by atoms with Crippen LogP contribution >= 0.6 is 0 Å². The van der Waals surface area contributed by atoms with Gasteiger partial charge in [0.15, 0.2) is 0 Å². The highest BCUT2D eigenvalue weighted by Gasteiger charge is 2.15. The van der Waals surface area contributed by atoms with Crippen molar-refractivity contribution in [2.45, 2.75) is 39.2 Å². The molecule has 0 aromatic heterocycles. The Morgan fingerprint density at radius 3 is 2.50 bits per heavy atom. The molecule has 0 spiro atoms. The summed E-state index contributed by atoms with van der Waals surface area (Å²) >= 11 is 0. The van der Waals surface area contributed by atoms with Crippen molar-refractivity contribution >= 4 is 6.09 Å². The molecule has 18 heavy (non-hydrogen) atoms. The number of carbonyl (C=O) groups excluding carboxylic acids is 1. The predicted octanol–water partition coefficient (Wildman–Crippen LogP) is 3.08. The van der Waals surface area contributed by atoms with Gasteiger partial charge in [-0.05, 0) is 39.2 Å². The molecule has 0 heterocycles. The normalized spacial score (nSPS) is 11.1. The van der Waals surface area contributed by atoms with Crippen molar-refractivity contribution in [1.82, 2.24) is 5.48 Å². The molecular formula is C14H21NO3. The molecule has 0 bridgehead atoms. The summed E-state index contributed by atoms with van der Waals surface area (Å²) in [6.07, 6.45) is 1.22. The molecule has 1 amide bonds. The van der Waals surface area contributed by atoms with E-state index in [0.717, 1.165) is 12.8 Å². The highest BCUT2D eigenvalue weighted by atomic mass is 16.7. The largest absolute Gasteiger partial charge is 0.442 e. The zero-order valence-electron chi connectivity index (χ0n) is 11.2. The van der Waals surface area contributed by atoms with Crippen LogP contribution in [0.2, 0.25) is 0 Å². The van der Waals surface area contributed by atoms with Crippen LogP contribution in [0, 0.1) is 0 Å². The second-order valence-corrected chi connectivity index (χ2v) is 5.04. The third-order valence-corrected chi connectivity index (χ3v) is 2.11. The molecule has 0 radical (unpaired) electrons. The van der Waals surface area contributed by atoms with Gasteiger partial charge in [-0.2, -0.15) is 5.48 Å². The van der Waals surface area contributed by atoms with Gasteiger partial charge in [0.05, 0.1) is 6.61 Å². The summed E-state index contributed by atoms with van der Waals surface area (Å²) in [5.41, 5.74) is 3.02. The molecule has 100 valence electrons. The van der Waals surface area contributed by atoms with Crippen molar-refractivity contribution < 1.29 is 14.4 Å². The van der Waals surface area contributed by atoms with E-state index in [1.807, 2.05) is 39.0 Å². The van der Waals surface area contributed by atoms with Crippen LogP contribution in [0.5, 0.6) is 0 Å². The third-order valence-electron chi connectivity index (χ3n) is 2.11. The summed E-state index contributed by atoms with van der Waals surface area (Å²) in [5.74, 6) is 0. The summed E-state index contributed by atoms with van der Waals surface area (Å²) in [6.45, 7) is 5.89. The van der Waals surface area contributed by atoms with Gasteiger partial charge >= 0.3 is 6.09 Å². The first-order valence-electron chi connectivity index (χ1n) is 6.12. The van der Waals surface area contributed by atoms with Crippen molar-refractivity contribution in [2.75, 3.05) is 6.61 Å². The number of carbonyl (C=O) groups is 1. The molecule has 0 aliphatic carbocycles. The molecular weight excluding hydrogens is 230 g/mol. The van der Waals surface area contributed by atoms with E-state index in [2.05, 4.69) is 17.6 Å². The van der Waals surface area contributed by atoms with E-state index in [-0.39, 0.29) is 0 Å². The minimum atomic E-state index is -0.554. The molecule has 0 unspecified atom stereocenters. The molecule has 1 aromatic rings. The van der Waals surface area contributed by atoms with Crippen molar-refractivity contribution in [3.8, 4) is 0 Å². The van der Waals surface area contributed by atoms with Crippen LogP contribution in [-0.2, 0) is 16.0 Å². The van der Waals surface area contributed by atoms with E-state index in [1.54, 1.807) is 0 Å². The van der Waals surface area contributed by atoms with Gasteiger partial charge in [0.1, 0.15) is 5.60 Å². The number of rotatable bonds is 5. The average molecular weight is 251 g/mol. The number of benzene rings is 1. The molecule has 0 aliphatic rings. The van der Waals surface area contributed by atoms with Crippen molar-refractivity contribution in [3.05, 3.63) is 35.9 Å². The SMILES string of the molecule is CC(C)(C)OC(=O)NOCCCc1ccccc1. The van der Waals surface area contributed by atoms with E-state index in [0.29, 0.717) is 6.61 Å². The topological polar surface area (TPSA) is 47.6 Å². The number of amides is 1. The first-order valence-corrected chi connectivity index (χ1v) is 6.12. The van der Waals surface area contributed by atoms with Crippen LogP contribution in [0.1, 0.15) is 32.8 Å². The molecule has 4 nitrogen and oxygen atoms in total. The standard InChI is InChI=1S/C14H21NO3/c1-14(2,3)18-13(16)15-17-11-7-10-12-8-5-4-6-9-12/h4-6,8-9H,7,10-11H2,1-3H3,(H,15,16). The van der Waals surface area contributed by atoms with Crippen LogP contribution in [0.4, 0.5) is 4.79 Å². The fourth-order valence-electron chi connectivity index (χ4n) is 1.40. The maximum Gasteiger partial charge on any atom is 0.431 e. The monoisotopic (exact) mass is 251 g/mol. The number of ether oxygens (including phenoxy) is 1. The number of hydroxylamine groups is 1. The lowest BCUT2D eigenvalue weighted by Crippen LogP contribution is -2.32. The van der Waals surface area contributed by atoms with E-state index in [4.69, 9.17) is 9.57 Å². The molecule has 0 fully saturated rings. The minimum absolute atomic E-state index is 0.466. The van der Waals surface area contributed by atoms with Gasteiger partial charge in [0, 0.05) is 0 Å². The summed E-state index contributed by atoms with van der Waals surface area (Å²) < 4.78 is 5.03. The smallest absolute Gasteiger partial charge is 0.431 e.